The Hall–Kier alpha value is -2.59. The van der Waals surface area contributed by atoms with Crippen LogP contribution in [0.3, 0.4) is 0 Å². The van der Waals surface area contributed by atoms with Gasteiger partial charge in [-0.1, -0.05) is 67.3 Å². The average molecular weight is 393 g/mol. The van der Waals surface area contributed by atoms with Crippen molar-refractivity contribution >= 4 is 23.2 Å². The summed E-state index contributed by atoms with van der Waals surface area (Å²) in [7, 11) is 0. The molecule has 0 atom stereocenters. The van der Waals surface area contributed by atoms with Crippen LogP contribution in [0.1, 0.15) is 37.7 Å². The SMILES string of the molecule is Clc1cnc(NC2CCCCC2)cc1-c1cccc(NCc2ccccc2)n1. The molecule has 0 unspecified atom stereocenters. The molecule has 4 rings (SSSR count). The van der Waals surface area contributed by atoms with Crippen molar-refractivity contribution in [2.75, 3.05) is 10.6 Å². The Morgan fingerprint density at radius 2 is 1.75 bits per heavy atom. The van der Waals surface area contributed by atoms with E-state index in [9.17, 15) is 0 Å². The first-order valence-electron chi connectivity index (χ1n) is 9.95. The Balaban J connectivity index is 1.50. The number of anilines is 2. The van der Waals surface area contributed by atoms with Gasteiger partial charge < -0.3 is 10.6 Å². The van der Waals surface area contributed by atoms with Gasteiger partial charge in [-0.2, -0.15) is 0 Å². The first-order chi connectivity index (χ1) is 13.8. The van der Waals surface area contributed by atoms with Crippen molar-refractivity contribution < 1.29 is 0 Å². The quantitative estimate of drug-likeness (QED) is 0.527. The van der Waals surface area contributed by atoms with E-state index < -0.39 is 0 Å². The molecule has 0 amide bonds. The zero-order chi connectivity index (χ0) is 19.2. The van der Waals surface area contributed by atoms with Crippen LogP contribution >= 0.6 is 11.6 Å². The van der Waals surface area contributed by atoms with Crippen LogP contribution in [0.4, 0.5) is 11.6 Å². The van der Waals surface area contributed by atoms with Crippen molar-refractivity contribution in [3.63, 3.8) is 0 Å². The van der Waals surface area contributed by atoms with Crippen LogP contribution in [0.2, 0.25) is 5.02 Å². The second-order valence-electron chi connectivity index (χ2n) is 7.28. The Labute approximate surface area is 171 Å². The predicted octanol–water partition coefficient (Wildman–Crippen LogP) is 6.15. The minimum absolute atomic E-state index is 0.502. The Morgan fingerprint density at radius 1 is 0.929 bits per heavy atom. The third-order valence-corrected chi connectivity index (χ3v) is 5.46. The number of rotatable bonds is 6. The van der Waals surface area contributed by atoms with Crippen molar-refractivity contribution in [3.8, 4) is 11.3 Å². The number of hydrogen-bond donors (Lipinski definition) is 2. The third-order valence-electron chi connectivity index (χ3n) is 5.15. The summed E-state index contributed by atoms with van der Waals surface area (Å²) in [4.78, 5) is 9.23. The summed E-state index contributed by atoms with van der Waals surface area (Å²) >= 11 is 6.45. The van der Waals surface area contributed by atoms with Crippen molar-refractivity contribution in [1.29, 1.82) is 0 Å². The fourth-order valence-corrected chi connectivity index (χ4v) is 3.84. The van der Waals surface area contributed by atoms with Gasteiger partial charge in [0.1, 0.15) is 11.6 Å². The molecule has 1 aliphatic rings. The number of aromatic nitrogens is 2. The lowest BCUT2D eigenvalue weighted by Gasteiger charge is -2.23. The molecule has 0 saturated heterocycles. The van der Waals surface area contributed by atoms with Crippen LogP contribution in [-0.2, 0) is 6.54 Å². The van der Waals surface area contributed by atoms with E-state index in [4.69, 9.17) is 16.6 Å². The highest BCUT2D eigenvalue weighted by molar-refractivity contribution is 6.33. The zero-order valence-electron chi connectivity index (χ0n) is 15.9. The predicted molar refractivity (Wildman–Crippen MR) is 117 cm³/mol. The van der Waals surface area contributed by atoms with Gasteiger partial charge in [-0.15, -0.1) is 0 Å². The smallest absolute Gasteiger partial charge is 0.126 e. The van der Waals surface area contributed by atoms with Crippen LogP contribution < -0.4 is 10.6 Å². The molecule has 2 aromatic heterocycles. The molecule has 0 radical (unpaired) electrons. The highest BCUT2D eigenvalue weighted by atomic mass is 35.5. The maximum absolute atomic E-state index is 6.45. The van der Waals surface area contributed by atoms with E-state index in [0.717, 1.165) is 29.4 Å². The first-order valence-corrected chi connectivity index (χ1v) is 10.3. The molecule has 5 heteroatoms. The lowest BCUT2D eigenvalue weighted by atomic mass is 9.95. The summed E-state index contributed by atoms with van der Waals surface area (Å²) in [5.74, 6) is 1.70. The Bertz CT molecular complexity index is 907. The Kier molecular flexibility index (Phi) is 6.07. The normalized spacial score (nSPS) is 14.6. The fraction of sp³-hybridized carbons (Fsp3) is 0.304. The van der Waals surface area contributed by atoms with E-state index in [-0.39, 0.29) is 0 Å². The molecule has 1 fully saturated rings. The van der Waals surface area contributed by atoms with Gasteiger partial charge in [0.2, 0.25) is 0 Å². The van der Waals surface area contributed by atoms with E-state index in [1.165, 1.54) is 37.7 Å². The van der Waals surface area contributed by atoms with Crippen molar-refractivity contribution in [1.82, 2.24) is 9.97 Å². The summed E-state index contributed by atoms with van der Waals surface area (Å²) in [5, 5.41) is 7.56. The monoisotopic (exact) mass is 392 g/mol. The standard InChI is InChI=1S/C23H25ClN4/c24-20-16-26-23(27-18-10-5-2-6-11-18)14-19(20)21-12-7-13-22(28-21)25-15-17-8-3-1-4-9-17/h1,3-4,7-9,12-14,16,18H,2,5-6,10-11,15H2,(H,25,28)(H,26,27). The fourth-order valence-electron chi connectivity index (χ4n) is 3.64. The highest BCUT2D eigenvalue weighted by Gasteiger charge is 2.15. The van der Waals surface area contributed by atoms with Gasteiger partial charge in [-0.3, -0.25) is 0 Å². The second kappa shape index (κ2) is 9.07. The van der Waals surface area contributed by atoms with Crippen LogP contribution in [0.5, 0.6) is 0 Å². The molecule has 1 saturated carbocycles. The highest BCUT2D eigenvalue weighted by Crippen LogP contribution is 2.30. The maximum Gasteiger partial charge on any atom is 0.126 e. The van der Waals surface area contributed by atoms with Crippen LogP contribution in [0.15, 0.2) is 60.8 Å². The molecule has 28 heavy (non-hydrogen) atoms. The number of benzene rings is 1. The molecule has 4 nitrogen and oxygen atoms in total. The number of pyridine rings is 2. The molecular weight excluding hydrogens is 368 g/mol. The van der Waals surface area contributed by atoms with Gasteiger partial charge in [0.05, 0.1) is 10.7 Å². The van der Waals surface area contributed by atoms with Crippen molar-refractivity contribution in [3.05, 3.63) is 71.4 Å². The van der Waals surface area contributed by atoms with Gasteiger partial charge in [-0.25, -0.2) is 9.97 Å². The van der Waals surface area contributed by atoms with Crippen LogP contribution in [-0.4, -0.2) is 16.0 Å². The maximum atomic E-state index is 6.45. The molecule has 1 aromatic carbocycles. The second-order valence-corrected chi connectivity index (χ2v) is 7.68. The lowest BCUT2D eigenvalue weighted by molar-refractivity contribution is 0.462. The minimum Gasteiger partial charge on any atom is -0.367 e. The van der Waals surface area contributed by atoms with Crippen molar-refractivity contribution in [2.24, 2.45) is 0 Å². The van der Waals surface area contributed by atoms with Crippen LogP contribution in [0, 0.1) is 0 Å². The van der Waals surface area contributed by atoms with Gasteiger partial charge in [0.15, 0.2) is 0 Å². The molecule has 0 bridgehead atoms. The molecular formula is C23H25ClN4. The number of nitrogens with one attached hydrogen (secondary N) is 2. The molecule has 1 aliphatic carbocycles. The molecule has 2 N–H and O–H groups in total. The van der Waals surface area contributed by atoms with Crippen molar-refractivity contribution in [2.45, 2.75) is 44.7 Å². The summed E-state index contributed by atoms with van der Waals surface area (Å²) < 4.78 is 0. The van der Waals surface area contributed by atoms with Gasteiger partial charge in [-0.05, 0) is 36.6 Å². The van der Waals surface area contributed by atoms with Crippen LogP contribution in [0.25, 0.3) is 11.3 Å². The minimum atomic E-state index is 0.502. The molecule has 144 valence electrons. The molecule has 0 spiro atoms. The number of hydrogen-bond acceptors (Lipinski definition) is 4. The summed E-state index contributed by atoms with van der Waals surface area (Å²) in [6.45, 7) is 0.732. The molecule has 3 aromatic rings. The van der Waals surface area contributed by atoms with Gasteiger partial charge in [0.25, 0.3) is 0 Å². The number of halogens is 1. The molecule has 0 aliphatic heterocycles. The van der Waals surface area contributed by atoms with E-state index in [2.05, 4.69) is 27.8 Å². The average Bonchev–Trinajstić information content (AvgIpc) is 2.75. The largest absolute Gasteiger partial charge is 0.367 e. The molecule has 2 heterocycles. The summed E-state index contributed by atoms with van der Waals surface area (Å²) in [6.07, 6.45) is 8.04. The van der Waals surface area contributed by atoms with Gasteiger partial charge >= 0.3 is 0 Å². The first kappa shape index (κ1) is 18.8. The van der Waals surface area contributed by atoms with E-state index >= 15 is 0 Å². The third kappa shape index (κ3) is 4.82. The zero-order valence-corrected chi connectivity index (χ0v) is 16.6. The summed E-state index contributed by atoms with van der Waals surface area (Å²) in [6, 6.07) is 18.8. The number of nitrogens with zero attached hydrogens (tertiary/aromatic N) is 2. The lowest BCUT2D eigenvalue weighted by Crippen LogP contribution is -2.22. The summed E-state index contributed by atoms with van der Waals surface area (Å²) in [5.41, 5.74) is 2.96. The van der Waals surface area contributed by atoms with Gasteiger partial charge in [0, 0.05) is 24.3 Å². The Morgan fingerprint density at radius 3 is 2.57 bits per heavy atom. The van der Waals surface area contributed by atoms with E-state index in [1.54, 1.807) is 6.20 Å². The topological polar surface area (TPSA) is 49.8 Å². The van der Waals surface area contributed by atoms with E-state index in [0.29, 0.717) is 11.1 Å². The van der Waals surface area contributed by atoms with E-state index in [1.807, 2.05) is 42.5 Å².